The number of alkyl halides is 4. The molecule has 1 aromatic carbocycles. The van der Waals surface area contributed by atoms with Crippen molar-refractivity contribution in [2.45, 2.75) is 59.8 Å². The summed E-state index contributed by atoms with van der Waals surface area (Å²) >= 11 is 1.46. The van der Waals surface area contributed by atoms with Crippen LogP contribution in [-0.2, 0) is 0 Å². The molecule has 5 nitrogen and oxygen atoms in total. The second kappa shape index (κ2) is 10.9. The Hall–Kier alpha value is -2.66. The zero-order chi connectivity index (χ0) is 26.0. The van der Waals surface area contributed by atoms with E-state index in [0.29, 0.717) is 11.5 Å². The van der Waals surface area contributed by atoms with Crippen LogP contribution in [0.5, 0.6) is 0 Å². The highest BCUT2D eigenvalue weighted by Crippen LogP contribution is 2.37. The van der Waals surface area contributed by atoms with E-state index in [1.54, 1.807) is 18.2 Å². The molecule has 0 radical (unpaired) electrons. The van der Waals surface area contributed by atoms with Gasteiger partial charge in [-0.15, -0.1) is 22.7 Å². The quantitative estimate of drug-likeness (QED) is 0.222. The second-order valence-electron chi connectivity index (χ2n) is 8.53. The van der Waals surface area contributed by atoms with E-state index in [4.69, 9.17) is 0 Å². The number of hydrogen-bond acceptors (Lipinski definition) is 6. The van der Waals surface area contributed by atoms with Crippen molar-refractivity contribution in [2.75, 3.05) is 4.90 Å². The van der Waals surface area contributed by atoms with Gasteiger partial charge in [0.05, 0.1) is 15.7 Å². The zero-order valence-electron chi connectivity index (χ0n) is 19.8. The van der Waals surface area contributed by atoms with Crippen molar-refractivity contribution in [3.63, 3.8) is 0 Å². The van der Waals surface area contributed by atoms with Gasteiger partial charge < -0.3 is 0 Å². The molecule has 188 valence electrons. The first-order valence-electron chi connectivity index (χ1n) is 10.9. The number of carbonyl (C=O) groups is 2. The molecule has 0 aliphatic rings. The second-order valence-corrected chi connectivity index (χ2v) is 10.9. The summed E-state index contributed by atoms with van der Waals surface area (Å²) in [6.45, 7) is 8.92. The average Bonchev–Trinajstić information content (AvgIpc) is 3.36. The third kappa shape index (κ3) is 5.78. The molecule has 35 heavy (non-hydrogen) atoms. The van der Waals surface area contributed by atoms with Gasteiger partial charge in [-0.05, 0) is 43.7 Å². The zero-order valence-corrected chi connectivity index (χ0v) is 21.4. The fourth-order valence-electron chi connectivity index (χ4n) is 3.94. The molecule has 0 saturated carbocycles. The number of carbonyl (C=O) groups excluding carboxylic acids is 2. The summed E-state index contributed by atoms with van der Waals surface area (Å²) in [4.78, 5) is 34.9. The third-order valence-corrected chi connectivity index (χ3v) is 7.21. The van der Waals surface area contributed by atoms with Gasteiger partial charge in [0.2, 0.25) is 0 Å². The third-order valence-electron chi connectivity index (χ3n) is 5.26. The first kappa shape index (κ1) is 26.9. The van der Waals surface area contributed by atoms with Crippen molar-refractivity contribution in [1.29, 1.82) is 0 Å². The normalized spacial score (nSPS) is 12.6. The maximum atomic E-state index is 13.7. The van der Waals surface area contributed by atoms with Crippen molar-refractivity contribution < 1.29 is 27.2 Å². The molecule has 2 amide bonds. The number of amides is 2. The molecule has 0 aliphatic carbocycles. The van der Waals surface area contributed by atoms with E-state index < -0.39 is 45.8 Å². The average molecular weight is 528 g/mol. The minimum absolute atomic E-state index is 0.107. The molecular weight excluding hydrogens is 502 g/mol. The van der Waals surface area contributed by atoms with Crippen molar-refractivity contribution in [1.82, 2.24) is 9.97 Å². The van der Waals surface area contributed by atoms with Crippen LogP contribution in [-0.4, -0.2) is 21.8 Å². The van der Waals surface area contributed by atoms with Gasteiger partial charge in [0.1, 0.15) is 21.1 Å². The summed E-state index contributed by atoms with van der Waals surface area (Å²) in [5.41, 5.74) is -0.689. The van der Waals surface area contributed by atoms with Gasteiger partial charge in [-0.1, -0.05) is 39.0 Å². The monoisotopic (exact) mass is 527 g/mol. The van der Waals surface area contributed by atoms with Crippen molar-refractivity contribution in [2.24, 2.45) is 5.92 Å². The predicted octanol–water partition coefficient (Wildman–Crippen LogP) is 7.73. The first-order chi connectivity index (χ1) is 16.4. The van der Waals surface area contributed by atoms with Gasteiger partial charge in [-0.2, -0.15) is 0 Å². The smallest absolute Gasteiger partial charge is 0.267 e. The van der Waals surface area contributed by atoms with Gasteiger partial charge in [0, 0.05) is 0 Å². The molecule has 0 spiro atoms. The number of rotatable bonds is 8. The predicted molar refractivity (Wildman–Crippen MR) is 129 cm³/mol. The van der Waals surface area contributed by atoms with Crippen LogP contribution in [0, 0.1) is 19.8 Å². The molecule has 1 unspecified atom stereocenters. The largest absolute Gasteiger partial charge is 0.282 e. The van der Waals surface area contributed by atoms with E-state index in [0.717, 1.165) is 34.0 Å². The van der Waals surface area contributed by atoms with Crippen LogP contribution in [0.15, 0.2) is 24.3 Å². The van der Waals surface area contributed by atoms with E-state index in [1.165, 1.54) is 19.9 Å². The highest BCUT2D eigenvalue weighted by Gasteiger charge is 2.36. The highest BCUT2D eigenvalue weighted by molar-refractivity contribution is 7.14. The molecule has 0 bridgehead atoms. The van der Waals surface area contributed by atoms with E-state index >= 15 is 0 Å². The Labute approximate surface area is 208 Å². The molecule has 0 N–H and O–H groups in total. The standard InChI is InChI=1S/C24H25F4N3O2S2/c1-11(2)10-12(3)15-8-6-7-9-16(15)31(23(32)19-17(21(25)26)29-13(4)34-19)24(33)20-18(22(27)28)30-14(5)35-20/h6-9,11-12,21-22H,10H2,1-5H3. The maximum Gasteiger partial charge on any atom is 0.282 e. The maximum absolute atomic E-state index is 13.7. The summed E-state index contributed by atoms with van der Waals surface area (Å²) in [5, 5.41) is 0.443. The Bertz CT molecular complexity index is 1160. The Morgan fingerprint density at radius 2 is 1.31 bits per heavy atom. The summed E-state index contributed by atoms with van der Waals surface area (Å²) in [6.07, 6.45) is -5.38. The molecule has 0 saturated heterocycles. The van der Waals surface area contributed by atoms with Crippen LogP contribution in [0.25, 0.3) is 0 Å². The number of anilines is 1. The molecule has 11 heteroatoms. The topological polar surface area (TPSA) is 63.2 Å². The highest BCUT2D eigenvalue weighted by atomic mass is 32.1. The Kier molecular flexibility index (Phi) is 8.42. The first-order valence-corrected chi connectivity index (χ1v) is 12.5. The van der Waals surface area contributed by atoms with Gasteiger partial charge in [0.25, 0.3) is 24.7 Å². The molecule has 0 aliphatic heterocycles. The van der Waals surface area contributed by atoms with Crippen LogP contribution in [0.4, 0.5) is 23.2 Å². The number of para-hydroxylation sites is 1. The fraction of sp³-hybridized carbons (Fsp3) is 0.417. The molecule has 2 heterocycles. The number of halogens is 4. The van der Waals surface area contributed by atoms with Gasteiger partial charge in [-0.3, -0.25) is 9.59 Å². The number of aryl methyl sites for hydroxylation is 2. The Morgan fingerprint density at radius 1 is 0.857 bits per heavy atom. The van der Waals surface area contributed by atoms with E-state index in [9.17, 15) is 27.2 Å². The van der Waals surface area contributed by atoms with Crippen LogP contribution < -0.4 is 4.90 Å². The van der Waals surface area contributed by atoms with E-state index in [2.05, 4.69) is 9.97 Å². The van der Waals surface area contributed by atoms with Crippen LogP contribution in [0.3, 0.4) is 0 Å². The number of nitrogens with zero attached hydrogens (tertiary/aromatic N) is 3. The Balaban J connectivity index is 2.24. The number of benzene rings is 1. The van der Waals surface area contributed by atoms with Gasteiger partial charge >= 0.3 is 0 Å². The summed E-state index contributed by atoms with van der Waals surface area (Å²) in [6, 6.07) is 6.61. The van der Waals surface area contributed by atoms with E-state index in [1.807, 2.05) is 20.8 Å². The lowest BCUT2D eigenvalue weighted by Crippen LogP contribution is -2.38. The van der Waals surface area contributed by atoms with Crippen LogP contribution in [0.1, 0.15) is 92.3 Å². The van der Waals surface area contributed by atoms with Gasteiger partial charge in [-0.25, -0.2) is 32.4 Å². The number of imide groups is 1. The molecule has 3 rings (SSSR count). The lowest BCUT2D eigenvalue weighted by Gasteiger charge is -2.26. The fourth-order valence-corrected chi connectivity index (χ4v) is 5.66. The molecule has 0 fully saturated rings. The summed E-state index contributed by atoms with van der Waals surface area (Å²) in [7, 11) is 0. The summed E-state index contributed by atoms with van der Waals surface area (Å²) in [5.74, 6) is -1.88. The number of thiazole rings is 2. The van der Waals surface area contributed by atoms with E-state index in [-0.39, 0.29) is 21.6 Å². The van der Waals surface area contributed by atoms with Gasteiger partial charge in [0.15, 0.2) is 0 Å². The lowest BCUT2D eigenvalue weighted by atomic mass is 9.90. The number of hydrogen-bond donors (Lipinski definition) is 0. The van der Waals surface area contributed by atoms with Crippen LogP contribution in [0.2, 0.25) is 0 Å². The lowest BCUT2D eigenvalue weighted by molar-refractivity contribution is 0.0885. The Morgan fingerprint density at radius 3 is 1.74 bits per heavy atom. The molecule has 3 aromatic rings. The van der Waals surface area contributed by atoms with Crippen molar-refractivity contribution in [3.8, 4) is 0 Å². The molecular formula is C24H25F4N3O2S2. The molecule has 2 aromatic heterocycles. The minimum atomic E-state index is -3.05. The molecule has 1 atom stereocenters. The minimum Gasteiger partial charge on any atom is -0.267 e. The van der Waals surface area contributed by atoms with Crippen molar-refractivity contribution >= 4 is 40.2 Å². The summed E-state index contributed by atoms with van der Waals surface area (Å²) < 4.78 is 54.8. The number of aromatic nitrogens is 2. The van der Waals surface area contributed by atoms with Crippen molar-refractivity contribution in [3.05, 3.63) is 61.0 Å². The SMILES string of the molecule is Cc1nc(C(F)F)c(C(=O)N(C(=O)c2sc(C)nc2C(F)F)c2ccccc2C(C)CC(C)C)s1. The van der Waals surface area contributed by atoms with Crippen LogP contribution >= 0.6 is 22.7 Å².